The average Bonchev–Trinajstić information content (AvgIpc) is 3.41. The lowest BCUT2D eigenvalue weighted by Crippen LogP contribution is -2.45. The molecule has 2 aliphatic carbocycles. The number of hydrogen-bond acceptors (Lipinski definition) is 4. The van der Waals surface area contributed by atoms with Crippen LogP contribution in [0.15, 0.2) is 59.2 Å². The van der Waals surface area contributed by atoms with Crippen molar-refractivity contribution in [2.24, 2.45) is 23.2 Å². The zero-order valence-electron chi connectivity index (χ0n) is 20.0. The van der Waals surface area contributed by atoms with E-state index in [2.05, 4.69) is 56.1 Å². The summed E-state index contributed by atoms with van der Waals surface area (Å²) in [7, 11) is 0. The molecule has 1 saturated heterocycles. The Morgan fingerprint density at radius 3 is 2.82 bits per heavy atom. The molecule has 33 heavy (non-hydrogen) atoms. The molecule has 176 valence electrons. The molecule has 1 N–H and O–H groups in total. The molecule has 5 rings (SSSR count). The Balaban J connectivity index is 1.21. The van der Waals surface area contributed by atoms with E-state index in [4.69, 9.17) is 9.15 Å². The molecule has 0 unspecified atom stereocenters. The second-order valence-electron chi connectivity index (χ2n) is 10.9. The molecule has 0 radical (unpaired) electrons. The Hall–Kier alpha value is -2.33. The lowest BCUT2D eigenvalue weighted by Gasteiger charge is -2.50. The van der Waals surface area contributed by atoms with Crippen LogP contribution in [0.25, 0.3) is 0 Å². The van der Waals surface area contributed by atoms with Gasteiger partial charge in [-0.05, 0) is 81.0 Å². The minimum Gasteiger partial charge on any atom is -0.469 e. The van der Waals surface area contributed by atoms with Crippen LogP contribution in [-0.2, 0) is 9.53 Å². The van der Waals surface area contributed by atoms with Crippen LogP contribution < -0.4 is 5.32 Å². The standard InChI is InChI=1S/C29H37NO3/c1-19-8-10-21(11-9-19)22(26-7-5-15-32-26)12-14-30-18-24-23-16-25-20(2)6-4-13-29(25,3)17-27(23)33-28(24)31/h5,7-11,15,22-25,27,30H,2,4,6,12-14,16-18H2,1,3H3/t22-,23+,24+,25-,27+,29+/m0/s1. The van der Waals surface area contributed by atoms with Gasteiger partial charge in [0.25, 0.3) is 0 Å². The first kappa shape index (κ1) is 22.5. The second-order valence-corrected chi connectivity index (χ2v) is 10.9. The van der Waals surface area contributed by atoms with E-state index >= 15 is 0 Å². The van der Waals surface area contributed by atoms with Gasteiger partial charge in [0.2, 0.25) is 0 Å². The molecule has 1 aromatic heterocycles. The first-order chi connectivity index (χ1) is 15.9. The van der Waals surface area contributed by atoms with Crippen molar-refractivity contribution in [3.8, 4) is 0 Å². The van der Waals surface area contributed by atoms with E-state index in [0.717, 1.165) is 38.0 Å². The summed E-state index contributed by atoms with van der Waals surface area (Å²) >= 11 is 0. The maximum Gasteiger partial charge on any atom is 0.310 e. The van der Waals surface area contributed by atoms with E-state index in [1.54, 1.807) is 6.26 Å². The van der Waals surface area contributed by atoms with Gasteiger partial charge in [-0.3, -0.25) is 4.79 Å². The maximum absolute atomic E-state index is 12.8. The molecule has 4 heteroatoms. The number of benzene rings is 1. The fraction of sp³-hybridized carbons (Fsp3) is 0.552. The topological polar surface area (TPSA) is 51.5 Å². The van der Waals surface area contributed by atoms with Crippen LogP contribution in [-0.4, -0.2) is 25.2 Å². The van der Waals surface area contributed by atoms with Gasteiger partial charge in [-0.15, -0.1) is 0 Å². The molecular formula is C29H37NO3. The predicted octanol–water partition coefficient (Wildman–Crippen LogP) is 6.01. The SMILES string of the molecule is C=C1CCC[C@]2(C)C[C@H]3OC(=O)[C@H](CNCC[C@@H](c4ccc(C)cc4)c4ccco4)[C@H]3C[C@@H]12. The Bertz CT molecular complexity index is 979. The molecule has 1 aliphatic heterocycles. The molecule has 2 heterocycles. The van der Waals surface area contributed by atoms with Crippen LogP contribution in [0.3, 0.4) is 0 Å². The minimum atomic E-state index is -0.0456. The summed E-state index contributed by atoms with van der Waals surface area (Å²) in [6.07, 6.45) is 8.39. The zero-order valence-corrected chi connectivity index (χ0v) is 20.0. The van der Waals surface area contributed by atoms with Crippen LogP contribution >= 0.6 is 0 Å². The van der Waals surface area contributed by atoms with Crippen LogP contribution in [0.2, 0.25) is 0 Å². The van der Waals surface area contributed by atoms with Gasteiger partial charge < -0.3 is 14.5 Å². The van der Waals surface area contributed by atoms with Crippen molar-refractivity contribution >= 4 is 5.97 Å². The van der Waals surface area contributed by atoms with Gasteiger partial charge in [0.1, 0.15) is 11.9 Å². The van der Waals surface area contributed by atoms with Crippen molar-refractivity contribution in [1.29, 1.82) is 0 Å². The van der Waals surface area contributed by atoms with Crippen molar-refractivity contribution in [2.75, 3.05) is 13.1 Å². The van der Waals surface area contributed by atoms with Gasteiger partial charge in [0.15, 0.2) is 0 Å². The third-order valence-electron chi connectivity index (χ3n) is 8.66. The Morgan fingerprint density at radius 1 is 1.24 bits per heavy atom. The molecule has 3 fully saturated rings. The van der Waals surface area contributed by atoms with E-state index in [1.165, 1.54) is 29.5 Å². The highest BCUT2D eigenvalue weighted by Gasteiger charge is 2.54. The van der Waals surface area contributed by atoms with Crippen molar-refractivity contribution in [3.63, 3.8) is 0 Å². The normalized spacial score (nSPS) is 32.2. The first-order valence-corrected chi connectivity index (χ1v) is 12.6. The molecule has 6 atom stereocenters. The van der Waals surface area contributed by atoms with E-state index in [0.29, 0.717) is 18.4 Å². The summed E-state index contributed by atoms with van der Waals surface area (Å²) < 4.78 is 11.7. The highest BCUT2D eigenvalue weighted by atomic mass is 16.6. The van der Waals surface area contributed by atoms with Crippen molar-refractivity contribution in [3.05, 3.63) is 71.7 Å². The number of hydrogen-bond donors (Lipinski definition) is 1. The molecular weight excluding hydrogens is 410 g/mol. The molecule has 4 nitrogen and oxygen atoms in total. The van der Waals surface area contributed by atoms with E-state index in [-0.39, 0.29) is 29.3 Å². The lowest BCUT2D eigenvalue weighted by molar-refractivity contribution is -0.146. The van der Waals surface area contributed by atoms with Crippen LogP contribution in [0.5, 0.6) is 0 Å². The van der Waals surface area contributed by atoms with Crippen molar-refractivity contribution < 1.29 is 13.9 Å². The maximum atomic E-state index is 12.8. The smallest absolute Gasteiger partial charge is 0.310 e. The van der Waals surface area contributed by atoms with Crippen LogP contribution in [0.1, 0.15) is 68.3 Å². The monoisotopic (exact) mass is 447 g/mol. The molecule has 0 amide bonds. The van der Waals surface area contributed by atoms with Gasteiger partial charge in [-0.25, -0.2) is 0 Å². The van der Waals surface area contributed by atoms with E-state index in [9.17, 15) is 4.79 Å². The van der Waals surface area contributed by atoms with Crippen molar-refractivity contribution in [2.45, 2.75) is 64.4 Å². The van der Waals surface area contributed by atoms with Gasteiger partial charge in [0.05, 0.1) is 12.2 Å². The fourth-order valence-corrected chi connectivity index (χ4v) is 6.75. The molecule has 3 aliphatic rings. The largest absolute Gasteiger partial charge is 0.469 e. The second kappa shape index (κ2) is 9.13. The summed E-state index contributed by atoms with van der Waals surface area (Å²) in [6, 6.07) is 12.7. The summed E-state index contributed by atoms with van der Waals surface area (Å²) in [5, 5.41) is 3.59. The number of carbonyl (C=O) groups excluding carboxylic acids is 1. The number of ether oxygens (including phenoxy) is 1. The van der Waals surface area contributed by atoms with Crippen LogP contribution in [0, 0.1) is 30.1 Å². The van der Waals surface area contributed by atoms with E-state index < -0.39 is 0 Å². The van der Waals surface area contributed by atoms with E-state index in [1.807, 2.05) is 6.07 Å². The number of allylic oxidation sites excluding steroid dienone is 1. The summed E-state index contributed by atoms with van der Waals surface area (Å²) in [4.78, 5) is 12.8. The number of aryl methyl sites for hydroxylation is 1. The number of carbonyl (C=O) groups is 1. The number of esters is 1. The Labute approximate surface area is 197 Å². The number of fused-ring (bicyclic) bond motifs is 2. The number of rotatable bonds is 7. The molecule has 0 bridgehead atoms. The van der Waals surface area contributed by atoms with Gasteiger partial charge >= 0.3 is 5.97 Å². The predicted molar refractivity (Wildman–Crippen MR) is 130 cm³/mol. The first-order valence-electron chi connectivity index (χ1n) is 12.6. The molecule has 2 aromatic rings. The molecule has 2 saturated carbocycles. The van der Waals surface area contributed by atoms with Gasteiger partial charge in [0, 0.05) is 18.4 Å². The summed E-state index contributed by atoms with van der Waals surface area (Å²) in [5.41, 5.74) is 4.17. The fourth-order valence-electron chi connectivity index (χ4n) is 6.75. The minimum absolute atomic E-state index is 0.00789. The third-order valence-corrected chi connectivity index (χ3v) is 8.66. The molecule has 0 spiro atoms. The van der Waals surface area contributed by atoms with Gasteiger partial charge in [-0.1, -0.05) is 48.9 Å². The summed E-state index contributed by atoms with van der Waals surface area (Å²) in [5.74, 6) is 1.99. The Kier molecular flexibility index (Phi) is 6.22. The highest BCUT2D eigenvalue weighted by molar-refractivity contribution is 5.75. The van der Waals surface area contributed by atoms with Gasteiger partial charge in [-0.2, -0.15) is 0 Å². The zero-order chi connectivity index (χ0) is 23.0. The summed E-state index contributed by atoms with van der Waals surface area (Å²) in [6.45, 7) is 10.4. The average molecular weight is 448 g/mol. The van der Waals surface area contributed by atoms with Crippen molar-refractivity contribution in [1.82, 2.24) is 5.32 Å². The number of furan rings is 1. The highest BCUT2D eigenvalue weighted by Crippen LogP contribution is 2.56. The third kappa shape index (κ3) is 4.42. The quantitative estimate of drug-likeness (QED) is 0.321. The Morgan fingerprint density at radius 2 is 2.06 bits per heavy atom. The lowest BCUT2D eigenvalue weighted by atomic mass is 9.55. The van der Waals surface area contributed by atoms with Crippen LogP contribution in [0.4, 0.5) is 0 Å². The number of nitrogens with one attached hydrogen (secondary N) is 1. The molecule has 1 aromatic carbocycles.